The van der Waals surface area contributed by atoms with Crippen molar-refractivity contribution in [1.29, 1.82) is 0 Å². The molecule has 0 aliphatic rings. The van der Waals surface area contributed by atoms with Crippen molar-refractivity contribution in [1.82, 2.24) is 0 Å². The number of rotatable bonds is 8. The van der Waals surface area contributed by atoms with Gasteiger partial charge in [0.2, 0.25) is 0 Å². The van der Waals surface area contributed by atoms with Crippen LogP contribution >= 0.6 is 0 Å². The van der Waals surface area contributed by atoms with Crippen LogP contribution in [0.1, 0.15) is 53.3 Å². The van der Waals surface area contributed by atoms with Gasteiger partial charge in [0.15, 0.2) is 0 Å². The molecule has 0 aliphatic heterocycles. The summed E-state index contributed by atoms with van der Waals surface area (Å²) in [5, 5.41) is 0. The second kappa shape index (κ2) is 10.0. The first kappa shape index (κ1) is 16.9. The van der Waals surface area contributed by atoms with Gasteiger partial charge in [0.25, 0.3) is 10.1 Å². The molecule has 0 aliphatic carbocycles. The van der Waals surface area contributed by atoms with Gasteiger partial charge >= 0.3 is 18.9 Å². The molecule has 0 unspecified atom stereocenters. The van der Waals surface area contributed by atoms with Gasteiger partial charge in [-0.25, -0.2) is 0 Å². The molecule has 0 bridgehead atoms. The average molecular weight is 216 g/mol. The molecule has 3 nitrogen and oxygen atoms in total. The number of unbranched alkanes of at least 4 members (excludes halogenated alkanes) is 6. The minimum atomic E-state index is -3.72. The molecule has 5 heteroatoms. The molecule has 0 spiro atoms. The van der Waals surface area contributed by atoms with Crippen LogP contribution in [0.25, 0.3) is 0 Å². The zero-order chi connectivity index (χ0) is 10.2. The fraction of sp³-hybridized carbons (Fsp3) is 1.00. The van der Waals surface area contributed by atoms with Gasteiger partial charge in [0.05, 0.1) is 5.75 Å². The van der Waals surface area contributed by atoms with E-state index in [1.807, 2.05) is 0 Å². The first-order chi connectivity index (χ1) is 6.06. The summed E-state index contributed by atoms with van der Waals surface area (Å²) in [6, 6.07) is 0. The predicted octanol–water partition coefficient (Wildman–Crippen LogP) is -0.259. The summed E-state index contributed by atoms with van der Waals surface area (Å²) < 4.78 is 29.1. The van der Waals surface area contributed by atoms with Crippen molar-refractivity contribution >= 4 is 10.1 Å². The van der Waals surface area contributed by atoms with Crippen LogP contribution in [-0.4, -0.2) is 18.7 Å². The van der Waals surface area contributed by atoms with Crippen LogP contribution in [0.2, 0.25) is 0 Å². The van der Waals surface area contributed by atoms with E-state index < -0.39 is 10.1 Å². The van der Waals surface area contributed by atoms with E-state index in [1.54, 1.807) is 0 Å². The van der Waals surface area contributed by atoms with Crippen LogP contribution in [0.15, 0.2) is 0 Å². The Morgan fingerprint density at radius 3 is 1.86 bits per heavy atom. The second-order valence-corrected chi connectivity index (χ2v) is 4.98. The van der Waals surface area contributed by atoms with E-state index in [2.05, 4.69) is 6.92 Å². The quantitative estimate of drug-likeness (QED) is 0.345. The van der Waals surface area contributed by atoms with E-state index in [9.17, 15) is 8.42 Å². The van der Waals surface area contributed by atoms with Gasteiger partial charge in [-0.15, -0.1) is 0 Å². The van der Waals surface area contributed by atoms with Gasteiger partial charge in [0.1, 0.15) is 0 Å². The summed E-state index contributed by atoms with van der Waals surface area (Å²) in [6.45, 7) is 2.17. The Hall–Kier alpha value is 0.507. The number of hydrogen-bond acceptors (Lipinski definition) is 2. The second-order valence-electron chi connectivity index (χ2n) is 3.41. The molecular formula is C9H21LiO3S. The first-order valence-corrected chi connectivity index (χ1v) is 6.62. The van der Waals surface area contributed by atoms with E-state index >= 15 is 0 Å². The smallest absolute Gasteiger partial charge is 1.00 e. The van der Waals surface area contributed by atoms with Crippen molar-refractivity contribution in [2.75, 3.05) is 5.75 Å². The minimum absolute atomic E-state index is 0. The molecule has 0 aromatic heterocycles. The minimum Gasteiger partial charge on any atom is -1.00 e. The van der Waals surface area contributed by atoms with Crippen LogP contribution in [0.3, 0.4) is 0 Å². The van der Waals surface area contributed by atoms with Crippen molar-refractivity contribution in [3.05, 3.63) is 0 Å². The first-order valence-electron chi connectivity index (χ1n) is 5.01. The third-order valence-corrected chi connectivity index (χ3v) is 2.81. The molecular weight excluding hydrogens is 195 g/mol. The Bertz CT molecular complexity index is 207. The SMILES string of the molecule is CCCCCCCCCS(=O)(=O)O.[H-].[Li+]. The predicted molar refractivity (Wildman–Crippen MR) is 55.5 cm³/mol. The van der Waals surface area contributed by atoms with Gasteiger partial charge in [-0.1, -0.05) is 45.4 Å². The van der Waals surface area contributed by atoms with Crippen molar-refractivity contribution in [2.24, 2.45) is 0 Å². The topological polar surface area (TPSA) is 54.4 Å². The van der Waals surface area contributed by atoms with Gasteiger partial charge in [0, 0.05) is 0 Å². The van der Waals surface area contributed by atoms with Crippen LogP contribution in [0.5, 0.6) is 0 Å². The zero-order valence-electron chi connectivity index (χ0n) is 10.3. The summed E-state index contributed by atoms with van der Waals surface area (Å²) >= 11 is 0. The average Bonchev–Trinajstić information content (AvgIpc) is 2.01. The van der Waals surface area contributed by atoms with E-state index in [1.165, 1.54) is 25.7 Å². The fourth-order valence-electron chi connectivity index (χ4n) is 1.24. The van der Waals surface area contributed by atoms with Gasteiger partial charge < -0.3 is 1.43 Å². The summed E-state index contributed by atoms with van der Waals surface area (Å²) in [5.41, 5.74) is 0. The maximum absolute atomic E-state index is 10.3. The maximum atomic E-state index is 10.3. The van der Waals surface area contributed by atoms with Crippen LogP contribution in [0, 0.1) is 0 Å². The molecule has 0 aromatic rings. The molecule has 0 fully saturated rings. The Balaban J connectivity index is -0.000000720. The summed E-state index contributed by atoms with van der Waals surface area (Å²) in [7, 11) is -3.72. The maximum Gasteiger partial charge on any atom is 1.00 e. The third kappa shape index (κ3) is 15.0. The Labute approximate surface area is 101 Å². The largest absolute Gasteiger partial charge is 1.00 e. The molecule has 0 amide bonds. The summed E-state index contributed by atoms with van der Waals surface area (Å²) in [5.74, 6) is -0.0826. The monoisotopic (exact) mass is 216 g/mol. The van der Waals surface area contributed by atoms with Crippen LogP contribution < -0.4 is 18.9 Å². The van der Waals surface area contributed by atoms with Crippen LogP contribution in [-0.2, 0) is 10.1 Å². The van der Waals surface area contributed by atoms with Crippen LogP contribution in [0.4, 0.5) is 0 Å². The Morgan fingerprint density at radius 2 is 1.43 bits per heavy atom. The Morgan fingerprint density at radius 1 is 1.00 bits per heavy atom. The van der Waals surface area contributed by atoms with Crippen molar-refractivity contribution in [3.8, 4) is 0 Å². The molecule has 82 valence electrons. The molecule has 0 saturated heterocycles. The van der Waals surface area contributed by atoms with E-state index in [0.717, 1.165) is 12.8 Å². The van der Waals surface area contributed by atoms with Gasteiger partial charge in [-0.3, -0.25) is 4.55 Å². The van der Waals surface area contributed by atoms with Crippen molar-refractivity contribution < 1.29 is 33.3 Å². The van der Waals surface area contributed by atoms with E-state index in [4.69, 9.17) is 4.55 Å². The van der Waals surface area contributed by atoms with Gasteiger partial charge in [-0.05, 0) is 6.42 Å². The van der Waals surface area contributed by atoms with Gasteiger partial charge in [-0.2, -0.15) is 8.42 Å². The van der Waals surface area contributed by atoms with Crippen molar-refractivity contribution in [3.63, 3.8) is 0 Å². The van der Waals surface area contributed by atoms with E-state index in [-0.39, 0.29) is 26.0 Å². The molecule has 1 N–H and O–H groups in total. The fourth-order valence-corrected chi connectivity index (χ4v) is 1.81. The molecule has 0 rings (SSSR count). The molecule has 0 radical (unpaired) electrons. The summed E-state index contributed by atoms with van der Waals surface area (Å²) in [6.07, 6.45) is 7.48. The standard InChI is InChI=1S/C9H20O3S.Li.H/c1-2-3-4-5-6-7-8-9-13(10,11)12;;/h2-9H2,1H3,(H,10,11,12);;/q;+1;-1. The molecule has 0 atom stereocenters. The molecule has 0 aromatic carbocycles. The molecule has 0 saturated carbocycles. The third-order valence-electron chi connectivity index (χ3n) is 2.01. The molecule has 0 heterocycles. The normalized spacial score (nSPS) is 11.0. The summed E-state index contributed by atoms with van der Waals surface area (Å²) in [4.78, 5) is 0. The zero-order valence-corrected chi connectivity index (χ0v) is 10.1. The molecule has 14 heavy (non-hydrogen) atoms. The van der Waals surface area contributed by atoms with Crippen molar-refractivity contribution in [2.45, 2.75) is 51.9 Å². The number of hydrogen-bond donors (Lipinski definition) is 1. The Kier molecular flexibility index (Phi) is 12.1. The van der Waals surface area contributed by atoms with E-state index in [0.29, 0.717) is 6.42 Å².